The molecule has 11 heteroatoms. The maximum absolute atomic E-state index is 11.8. The molecule has 0 spiro atoms. The molecule has 4 bridgehead atoms. The lowest BCUT2D eigenvalue weighted by Gasteiger charge is -2.18. The minimum Gasteiger partial charge on any atom is -0.492 e. The Bertz CT molecular complexity index is 909. The molecule has 140 valence electrons. The minimum absolute atomic E-state index is 0.0879. The van der Waals surface area contributed by atoms with Gasteiger partial charge in [-0.2, -0.15) is 4.98 Å². The predicted molar refractivity (Wildman–Crippen MR) is 100 cm³/mol. The molecule has 1 aromatic carbocycles. The van der Waals surface area contributed by atoms with Crippen LogP contribution in [-0.4, -0.2) is 42.7 Å². The first kappa shape index (κ1) is 18.8. The van der Waals surface area contributed by atoms with Crippen molar-refractivity contribution < 1.29 is 18.3 Å². The van der Waals surface area contributed by atoms with Crippen LogP contribution in [-0.2, 0) is 10.0 Å². The van der Waals surface area contributed by atoms with Gasteiger partial charge in [-0.15, -0.1) is 0 Å². The number of aromatic nitrogens is 2. The minimum atomic E-state index is -3.92. The number of hydrogen-bond donors (Lipinski definition) is 4. The molecule has 0 radical (unpaired) electrons. The van der Waals surface area contributed by atoms with E-state index in [1.807, 2.05) is 0 Å². The van der Waals surface area contributed by atoms with Crippen LogP contribution in [0.5, 0.6) is 5.75 Å². The lowest BCUT2D eigenvalue weighted by molar-refractivity contribution is 0.250. The molecule has 2 heterocycles. The molecule has 0 unspecified atom stereocenters. The van der Waals surface area contributed by atoms with Gasteiger partial charge in [0.05, 0.1) is 23.7 Å². The van der Waals surface area contributed by atoms with Gasteiger partial charge in [-0.25, -0.2) is 18.5 Å². The zero-order chi connectivity index (χ0) is 18.7. The molecule has 1 aliphatic rings. The summed E-state index contributed by atoms with van der Waals surface area (Å²) in [5.41, 5.74) is 0.554. The van der Waals surface area contributed by atoms with Gasteiger partial charge >= 0.3 is 0 Å². The van der Waals surface area contributed by atoms with Crippen molar-refractivity contribution >= 4 is 43.4 Å². The third-order valence-corrected chi connectivity index (χ3v) is 5.30. The number of primary sulfonamides is 1. The number of hydrogen-bond acceptors (Lipinski definition) is 8. The number of benzene rings is 1. The van der Waals surface area contributed by atoms with Gasteiger partial charge in [-0.05, 0) is 40.9 Å². The van der Waals surface area contributed by atoms with Crippen LogP contribution in [0, 0.1) is 0 Å². The number of aliphatic hydroxyl groups excluding tert-OH is 1. The molecule has 0 aliphatic carbocycles. The maximum atomic E-state index is 11.8. The first-order valence-electron chi connectivity index (χ1n) is 7.83. The number of halogens is 1. The smallest absolute Gasteiger partial charge is 0.241 e. The van der Waals surface area contributed by atoms with Crippen molar-refractivity contribution in [1.82, 2.24) is 9.97 Å². The number of rotatable bonds is 2. The Hall–Kier alpha value is -1.95. The summed E-state index contributed by atoms with van der Waals surface area (Å²) in [6, 6.07) is 4.24. The number of fused-ring (bicyclic) bond motifs is 4. The van der Waals surface area contributed by atoms with Crippen molar-refractivity contribution in [3.63, 3.8) is 0 Å². The van der Waals surface area contributed by atoms with Crippen molar-refractivity contribution in [2.24, 2.45) is 5.14 Å². The summed E-state index contributed by atoms with van der Waals surface area (Å²) in [5, 5.41) is 21.0. The van der Waals surface area contributed by atoms with Gasteiger partial charge in [0, 0.05) is 18.0 Å². The SMILES string of the molecule is NS(=O)(=O)c1ccc2cc1OCCC[C@@H](CO)Nc1nc(ncc1Br)N2. The van der Waals surface area contributed by atoms with E-state index in [1.54, 1.807) is 18.3 Å². The molecule has 1 aliphatic heterocycles. The number of aliphatic hydroxyl groups is 1. The van der Waals surface area contributed by atoms with Crippen LogP contribution in [0.25, 0.3) is 0 Å². The highest BCUT2D eigenvalue weighted by molar-refractivity contribution is 9.10. The summed E-state index contributed by atoms with van der Waals surface area (Å²) in [6.45, 7) is 0.184. The largest absolute Gasteiger partial charge is 0.492 e. The Labute approximate surface area is 159 Å². The van der Waals surface area contributed by atoms with Crippen LogP contribution in [0.2, 0.25) is 0 Å². The average molecular weight is 444 g/mol. The highest BCUT2D eigenvalue weighted by Gasteiger charge is 2.18. The molecular weight excluding hydrogens is 426 g/mol. The fraction of sp³-hybridized carbons (Fsp3) is 0.333. The Morgan fingerprint density at radius 1 is 1.42 bits per heavy atom. The van der Waals surface area contributed by atoms with Crippen molar-refractivity contribution in [3.8, 4) is 5.75 Å². The lowest BCUT2D eigenvalue weighted by atomic mass is 10.2. The average Bonchev–Trinajstić information content (AvgIpc) is 2.59. The van der Waals surface area contributed by atoms with E-state index in [0.29, 0.717) is 34.8 Å². The summed E-state index contributed by atoms with van der Waals surface area (Å²) in [4.78, 5) is 8.47. The van der Waals surface area contributed by atoms with Gasteiger partial charge in [0.2, 0.25) is 16.0 Å². The molecule has 5 N–H and O–H groups in total. The van der Waals surface area contributed by atoms with Crippen LogP contribution < -0.4 is 20.5 Å². The third-order valence-electron chi connectivity index (χ3n) is 3.77. The van der Waals surface area contributed by atoms with E-state index in [4.69, 9.17) is 9.88 Å². The molecule has 2 aromatic rings. The number of nitrogens with one attached hydrogen (secondary N) is 2. The Kier molecular flexibility index (Phi) is 5.61. The Morgan fingerprint density at radius 2 is 2.23 bits per heavy atom. The molecule has 26 heavy (non-hydrogen) atoms. The van der Waals surface area contributed by atoms with Gasteiger partial charge in [0.1, 0.15) is 16.5 Å². The molecule has 0 saturated heterocycles. The second-order valence-corrected chi connectivity index (χ2v) is 8.12. The van der Waals surface area contributed by atoms with E-state index in [-0.39, 0.29) is 29.9 Å². The Morgan fingerprint density at radius 3 is 2.96 bits per heavy atom. The van der Waals surface area contributed by atoms with E-state index in [1.165, 1.54) is 6.07 Å². The van der Waals surface area contributed by atoms with Gasteiger partial charge in [-0.1, -0.05) is 0 Å². The summed E-state index contributed by atoms with van der Waals surface area (Å²) < 4.78 is 29.8. The molecule has 1 atom stereocenters. The van der Waals surface area contributed by atoms with E-state index < -0.39 is 10.0 Å². The normalized spacial score (nSPS) is 17.6. The van der Waals surface area contributed by atoms with Crippen LogP contribution in [0.1, 0.15) is 12.8 Å². The topological polar surface area (TPSA) is 139 Å². The molecule has 0 fully saturated rings. The molecule has 0 saturated carbocycles. The van der Waals surface area contributed by atoms with Gasteiger partial charge in [0.15, 0.2) is 0 Å². The van der Waals surface area contributed by atoms with Crippen LogP contribution >= 0.6 is 15.9 Å². The predicted octanol–water partition coefficient (Wildman–Crippen LogP) is 1.58. The van der Waals surface area contributed by atoms with Crippen LogP contribution in [0.4, 0.5) is 17.5 Å². The summed E-state index contributed by atoms with van der Waals surface area (Å²) in [5.74, 6) is 1.01. The van der Waals surface area contributed by atoms with E-state index in [0.717, 1.165) is 0 Å². The van der Waals surface area contributed by atoms with E-state index in [9.17, 15) is 13.5 Å². The first-order chi connectivity index (χ1) is 12.4. The maximum Gasteiger partial charge on any atom is 0.241 e. The first-order valence-corrected chi connectivity index (χ1v) is 10.2. The monoisotopic (exact) mass is 443 g/mol. The van der Waals surface area contributed by atoms with Crippen molar-refractivity contribution in [1.29, 1.82) is 0 Å². The molecule has 9 nitrogen and oxygen atoms in total. The molecule has 0 amide bonds. The summed E-state index contributed by atoms with van der Waals surface area (Å²) >= 11 is 3.38. The summed E-state index contributed by atoms with van der Waals surface area (Å²) in [7, 11) is -3.92. The standard InChI is InChI=1S/C15H18BrN5O4S/c16-11-7-18-15-20-9-3-4-13(26(17,23)24)12(6-9)25-5-1-2-10(8-22)19-14(11)21-15/h3-4,6-7,10,22H,1-2,5,8H2,(H2,17,23,24)(H2,18,19,20,21)/t10-/m0/s1. The van der Waals surface area contributed by atoms with Crippen LogP contribution in [0.3, 0.4) is 0 Å². The van der Waals surface area contributed by atoms with Gasteiger partial charge in [0.25, 0.3) is 0 Å². The lowest BCUT2D eigenvalue weighted by Crippen LogP contribution is -2.25. The van der Waals surface area contributed by atoms with E-state index >= 15 is 0 Å². The second-order valence-electron chi connectivity index (χ2n) is 5.74. The van der Waals surface area contributed by atoms with Gasteiger partial charge < -0.3 is 20.5 Å². The van der Waals surface area contributed by atoms with Crippen molar-refractivity contribution in [3.05, 3.63) is 28.9 Å². The molecule has 3 rings (SSSR count). The molecular formula is C15H18BrN5O4S. The number of anilines is 3. The highest BCUT2D eigenvalue weighted by atomic mass is 79.9. The number of sulfonamides is 1. The number of nitrogens with zero attached hydrogens (tertiary/aromatic N) is 2. The fourth-order valence-corrected chi connectivity index (χ4v) is 3.47. The van der Waals surface area contributed by atoms with Gasteiger partial charge in [-0.3, -0.25) is 0 Å². The van der Waals surface area contributed by atoms with Crippen LogP contribution in [0.15, 0.2) is 33.8 Å². The van der Waals surface area contributed by atoms with E-state index in [2.05, 4.69) is 36.5 Å². The third kappa shape index (κ3) is 4.41. The number of nitrogens with two attached hydrogens (primary N) is 1. The zero-order valence-corrected chi connectivity index (χ0v) is 16.0. The zero-order valence-electron chi connectivity index (χ0n) is 13.6. The fourth-order valence-electron chi connectivity index (χ4n) is 2.51. The summed E-state index contributed by atoms with van der Waals surface area (Å²) in [6.07, 6.45) is 2.78. The molecule has 1 aromatic heterocycles. The second kappa shape index (κ2) is 7.74. The quantitative estimate of drug-likeness (QED) is 0.548. The highest BCUT2D eigenvalue weighted by Crippen LogP contribution is 2.29. The van der Waals surface area contributed by atoms with Crippen molar-refractivity contribution in [2.45, 2.75) is 23.8 Å². The van der Waals surface area contributed by atoms with Crippen molar-refractivity contribution in [2.75, 3.05) is 23.8 Å². The Balaban J connectivity index is 2.02. The number of ether oxygens (including phenoxy) is 1.